The van der Waals surface area contributed by atoms with Crippen LogP contribution in [0.25, 0.3) is 11.2 Å². The van der Waals surface area contributed by atoms with Crippen molar-refractivity contribution in [2.24, 2.45) is 0 Å². The zero-order valence-electron chi connectivity index (χ0n) is 14.8. The van der Waals surface area contributed by atoms with Gasteiger partial charge in [-0.3, -0.25) is 27.9 Å². The second kappa shape index (κ2) is 7.52. The van der Waals surface area contributed by atoms with E-state index in [1.165, 1.54) is 0 Å². The molecule has 0 amide bonds. The number of fused-ring (bicyclic) bond motifs is 2. The maximum Gasteiger partial charge on any atom is 0.481 e. The highest BCUT2D eigenvalue weighted by Crippen LogP contribution is 2.60. The van der Waals surface area contributed by atoms with Gasteiger partial charge in [0.2, 0.25) is 5.95 Å². The van der Waals surface area contributed by atoms with E-state index < -0.39 is 60.2 Å². The van der Waals surface area contributed by atoms with E-state index in [2.05, 4.69) is 23.8 Å². The monoisotopic (exact) mass is 505 g/mol. The minimum absolute atomic E-state index is 0.0625. The van der Waals surface area contributed by atoms with Crippen LogP contribution in [0.3, 0.4) is 0 Å². The zero-order valence-corrected chi connectivity index (χ0v) is 17.5. The van der Waals surface area contributed by atoms with Gasteiger partial charge in [-0.1, -0.05) is 0 Å². The number of hydrogen-bond donors (Lipinski definition) is 6. The largest absolute Gasteiger partial charge is 0.481 e. The molecule has 0 spiro atoms. The van der Waals surface area contributed by atoms with Crippen molar-refractivity contribution in [3.8, 4) is 0 Å². The Morgan fingerprint density at radius 3 is 2.65 bits per heavy atom. The number of phosphoric ester groups is 2. The minimum atomic E-state index is -5.36. The molecule has 6 unspecified atom stereocenters. The maximum absolute atomic E-state index is 12.0. The third-order valence-corrected chi connectivity index (χ3v) is 7.30. The predicted molar refractivity (Wildman–Crippen MR) is 94.9 cm³/mol. The molecule has 18 nitrogen and oxygen atoms in total. The Morgan fingerprint density at radius 1 is 1.29 bits per heavy atom. The van der Waals surface area contributed by atoms with Crippen LogP contribution in [0, 0.1) is 0 Å². The molecule has 31 heavy (non-hydrogen) atoms. The van der Waals surface area contributed by atoms with Crippen LogP contribution in [0.15, 0.2) is 11.1 Å². The van der Waals surface area contributed by atoms with Crippen molar-refractivity contribution in [3.63, 3.8) is 0 Å². The van der Waals surface area contributed by atoms with Gasteiger partial charge in [-0.15, -0.1) is 0 Å². The first-order valence-electron chi connectivity index (χ1n) is 8.06. The number of nitrogen functional groups attached to an aromatic ring is 1. The number of H-pyrrole nitrogens is 1. The fourth-order valence-electron chi connectivity index (χ4n) is 3.09. The molecule has 4 heterocycles. The summed E-state index contributed by atoms with van der Waals surface area (Å²) in [5.41, 5.74) is 4.67. The molecule has 4 rings (SSSR count). The van der Waals surface area contributed by atoms with Crippen LogP contribution in [-0.4, -0.2) is 64.0 Å². The van der Waals surface area contributed by atoms with Gasteiger partial charge in [-0.25, -0.2) is 18.7 Å². The number of anilines is 1. The van der Waals surface area contributed by atoms with Crippen molar-refractivity contribution in [2.75, 3.05) is 12.3 Å². The van der Waals surface area contributed by atoms with Crippen LogP contribution in [0.2, 0.25) is 0 Å². The fraction of sp³-hybridized carbons (Fsp3) is 0.500. The fourth-order valence-corrected chi connectivity index (χ4v) is 5.84. The Labute approximate surface area is 170 Å². The van der Waals surface area contributed by atoms with E-state index >= 15 is 0 Å². The summed E-state index contributed by atoms with van der Waals surface area (Å²) in [5, 5.41) is 0. The molecular formula is C10H14N5O13P3. The molecule has 0 aromatic carbocycles. The highest BCUT2D eigenvalue weighted by molar-refractivity contribution is 7.60. The molecule has 2 aromatic rings. The number of nitrogens with one attached hydrogen (secondary N) is 1. The maximum atomic E-state index is 12.0. The average molecular weight is 505 g/mol. The van der Waals surface area contributed by atoms with E-state index in [0.29, 0.717) is 0 Å². The van der Waals surface area contributed by atoms with E-state index in [0.717, 1.165) is 10.9 Å². The molecule has 2 aliphatic rings. The van der Waals surface area contributed by atoms with Gasteiger partial charge >= 0.3 is 23.5 Å². The predicted octanol–water partition coefficient (Wildman–Crippen LogP) is -1.29. The number of nitrogens with two attached hydrogens (primary N) is 1. The second-order valence-electron chi connectivity index (χ2n) is 6.29. The Hall–Kier alpha value is -1.52. The SMILES string of the molecule is Nc1nc2c(ncn2C2OC(COP(=O)(O)OP(=O)(O)O)C3OP(=O)(O)OC32)c(=O)[nH]1. The van der Waals surface area contributed by atoms with Gasteiger partial charge < -0.3 is 30.0 Å². The van der Waals surface area contributed by atoms with E-state index in [9.17, 15) is 28.3 Å². The molecule has 6 atom stereocenters. The van der Waals surface area contributed by atoms with E-state index in [1.54, 1.807) is 0 Å². The van der Waals surface area contributed by atoms with Crippen molar-refractivity contribution in [1.82, 2.24) is 19.5 Å². The Balaban J connectivity index is 1.63. The number of aromatic amines is 1. The highest BCUT2D eigenvalue weighted by atomic mass is 31.3. The summed E-state index contributed by atoms with van der Waals surface area (Å²) in [7, 11) is -15.1. The molecule has 2 fully saturated rings. The standard InChI is InChI=1S/C10H14N5O13P3/c11-10-13-7-4(8(16)14-10)12-2-15(7)9-6-5(26-31(22,23)27-6)3(25-9)1-24-30(20,21)28-29(17,18)19/h2-3,5-6,9H,1H2,(H,20,21)(H,22,23)(H2,17,18,19)(H3,11,13,14,16). The molecule has 0 radical (unpaired) electrons. The number of ether oxygens (including phenoxy) is 1. The lowest BCUT2D eigenvalue weighted by Gasteiger charge is -2.20. The first-order valence-corrected chi connectivity index (χ1v) is 12.6. The lowest BCUT2D eigenvalue weighted by atomic mass is 10.1. The number of rotatable bonds is 6. The van der Waals surface area contributed by atoms with Gasteiger partial charge in [-0.05, 0) is 0 Å². The summed E-state index contributed by atoms with van der Waals surface area (Å²) in [5.74, 6) is -0.249. The van der Waals surface area contributed by atoms with Gasteiger partial charge in [0.1, 0.15) is 18.3 Å². The molecule has 2 saturated heterocycles. The number of nitrogens with zero attached hydrogens (tertiary/aromatic N) is 3. The molecule has 2 aromatic heterocycles. The zero-order chi connectivity index (χ0) is 22.8. The summed E-state index contributed by atoms with van der Waals surface area (Å²) in [6, 6.07) is 0. The number of phosphoric acid groups is 3. The van der Waals surface area contributed by atoms with Crippen molar-refractivity contribution in [3.05, 3.63) is 16.7 Å². The van der Waals surface area contributed by atoms with Gasteiger partial charge in [0.25, 0.3) is 5.56 Å². The van der Waals surface area contributed by atoms with Crippen LogP contribution < -0.4 is 11.3 Å². The molecule has 21 heteroatoms. The third-order valence-electron chi connectivity index (χ3n) is 4.13. The number of imidazole rings is 1. The molecule has 0 aliphatic carbocycles. The average Bonchev–Trinajstić information content (AvgIpc) is 3.22. The molecular weight excluding hydrogens is 491 g/mol. The first kappa shape index (κ1) is 22.7. The Morgan fingerprint density at radius 2 is 1.97 bits per heavy atom. The second-order valence-corrected chi connectivity index (χ2v) is 10.5. The van der Waals surface area contributed by atoms with Gasteiger partial charge in [-0.2, -0.15) is 9.29 Å². The summed E-state index contributed by atoms with van der Waals surface area (Å²) in [6.45, 7) is -0.864. The van der Waals surface area contributed by atoms with Gasteiger partial charge in [0, 0.05) is 0 Å². The molecule has 0 bridgehead atoms. The lowest BCUT2D eigenvalue weighted by Crippen LogP contribution is -2.31. The summed E-state index contributed by atoms with van der Waals surface area (Å²) < 4.78 is 59.2. The minimum Gasteiger partial charge on any atom is -0.369 e. The number of hydrogen-bond acceptors (Lipinski definition) is 12. The third kappa shape index (κ3) is 4.66. The quantitative estimate of drug-likeness (QED) is 0.249. The van der Waals surface area contributed by atoms with E-state index in [-0.39, 0.29) is 17.1 Å². The first-order chi connectivity index (χ1) is 14.2. The molecule has 7 N–H and O–H groups in total. The van der Waals surface area contributed by atoms with Crippen LogP contribution in [-0.2, 0) is 36.3 Å². The summed E-state index contributed by atoms with van der Waals surface area (Å²) >= 11 is 0. The smallest absolute Gasteiger partial charge is 0.369 e. The lowest BCUT2D eigenvalue weighted by molar-refractivity contribution is -0.0580. The molecule has 0 saturated carbocycles. The normalized spacial score (nSPS) is 32.9. The molecule has 2 aliphatic heterocycles. The Kier molecular flexibility index (Phi) is 5.50. The van der Waals surface area contributed by atoms with Crippen molar-refractivity contribution in [2.45, 2.75) is 24.5 Å². The van der Waals surface area contributed by atoms with Crippen molar-refractivity contribution in [1.29, 1.82) is 0 Å². The van der Waals surface area contributed by atoms with Crippen LogP contribution in [0.5, 0.6) is 0 Å². The Bertz CT molecular complexity index is 1220. The van der Waals surface area contributed by atoms with Crippen molar-refractivity contribution >= 4 is 40.6 Å². The van der Waals surface area contributed by atoms with Gasteiger partial charge in [0.05, 0.1) is 12.9 Å². The number of aromatic nitrogens is 4. The van der Waals surface area contributed by atoms with Crippen LogP contribution in [0.1, 0.15) is 6.23 Å². The molecule has 172 valence electrons. The summed E-state index contributed by atoms with van der Waals surface area (Å²) in [4.78, 5) is 58.4. The van der Waals surface area contributed by atoms with Crippen LogP contribution >= 0.6 is 23.5 Å². The topological polar surface area (TPSA) is 268 Å². The van der Waals surface area contributed by atoms with E-state index in [4.69, 9.17) is 29.3 Å². The van der Waals surface area contributed by atoms with E-state index in [1.807, 2.05) is 0 Å². The summed E-state index contributed by atoms with van der Waals surface area (Å²) in [6.07, 6.45) is -4.12. The van der Waals surface area contributed by atoms with Crippen molar-refractivity contribution < 1.29 is 55.9 Å². The van der Waals surface area contributed by atoms with Gasteiger partial charge in [0.15, 0.2) is 17.4 Å². The highest BCUT2D eigenvalue weighted by Gasteiger charge is 2.58. The van der Waals surface area contributed by atoms with Crippen LogP contribution in [0.4, 0.5) is 5.95 Å².